The summed E-state index contributed by atoms with van der Waals surface area (Å²) in [5, 5.41) is 14.7. The minimum absolute atomic E-state index is 0.0296. The third-order valence-electron chi connectivity index (χ3n) is 5.46. The molecule has 192 valence electrons. The predicted octanol–water partition coefficient (Wildman–Crippen LogP) is 3.88. The lowest BCUT2D eigenvalue weighted by molar-refractivity contribution is -0.298. The monoisotopic (exact) mass is 531 g/mol. The number of morpholine rings is 1. The second-order valence-electron chi connectivity index (χ2n) is 8.06. The fraction of sp³-hybridized carbons (Fsp3) is 0.381. The summed E-state index contributed by atoms with van der Waals surface area (Å²) < 4.78 is 71.9. The number of carbonyl (C=O) groups is 1. The number of pyridine rings is 1. The van der Waals surface area contributed by atoms with Gasteiger partial charge in [0.2, 0.25) is 5.82 Å². The molecule has 2 aromatic heterocycles. The van der Waals surface area contributed by atoms with E-state index in [1.54, 1.807) is 0 Å². The van der Waals surface area contributed by atoms with Crippen molar-refractivity contribution in [1.82, 2.24) is 30.1 Å². The highest BCUT2D eigenvalue weighted by Gasteiger charge is 2.47. The summed E-state index contributed by atoms with van der Waals surface area (Å²) >= 11 is 6.09. The van der Waals surface area contributed by atoms with Gasteiger partial charge in [0.15, 0.2) is 0 Å². The topological polar surface area (TPSA) is 98.1 Å². The highest BCUT2D eigenvalue weighted by Crippen LogP contribution is 2.33. The Morgan fingerprint density at radius 2 is 2.03 bits per heavy atom. The van der Waals surface area contributed by atoms with Crippen LogP contribution in [0.1, 0.15) is 22.8 Å². The summed E-state index contributed by atoms with van der Waals surface area (Å²) in [5.41, 5.74) is -0.737. The average Bonchev–Trinajstić information content (AvgIpc) is 3.22. The van der Waals surface area contributed by atoms with Gasteiger partial charge >= 0.3 is 12.3 Å². The largest absolute Gasteiger partial charge is 0.417 e. The molecule has 1 aliphatic heterocycles. The van der Waals surface area contributed by atoms with Gasteiger partial charge in [-0.25, -0.2) is 4.98 Å². The zero-order valence-corrected chi connectivity index (χ0v) is 19.6. The van der Waals surface area contributed by atoms with E-state index < -0.39 is 42.4 Å². The number of alkyl halides is 5. The molecule has 1 aromatic carbocycles. The first-order chi connectivity index (χ1) is 16.8. The summed E-state index contributed by atoms with van der Waals surface area (Å²) in [5.74, 6) is -0.636. The van der Waals surface area contributed by atoms with Gasteiger partial charge in [0.05, 0.1) is 30.3 Å². The summed E-state index contributed by atoms with van der Waals surface area (Å²) in [7, 11) is 1.52. The number of aromatic nitrogens is 5. The summed E-state index contributed by atoms with van der Waals surface area (Å²) in [6.45, 7) is 0.159. The van der Waals surface area contributed by atoms with Crippen LogP contribution in [0.25, 0.3) is 11.4 Å². The third-order valence-corrected chi connectivity index (χ3v) is 5.70. The molecule has 0 spiro atoms. The third kappa shape index (κ3) is 5.54. The van der Waals surface area contributed by atoms with Gasteiger partial charge in [-0.15, -0.1) is 10.2 Å². The molecule has 15 heteroatoms. The van der Waals surface area contributed by atoms with Crippen molar-refractivity contribution in [3.8, 4) is 11.4 Å². The van der Waals surface area contributed by atoms with E-state index in [0.717, 1.165) is 17.0 Å². The van der Waals surface area contributed by atoms with Crippen molar-refractivity contribution in [1.29, 1.82) is 0 Å². The average molecular weight is 532 g/mol. The molecular formula is C21H19ClF5N7O2. The van der Waals surface area contributed by atoms with Crippen molar-refractivity contribution in [3.05, 3.63) is 52.7 Å². The van der Waals surface area contributed by atoms with E-state index >= 15 is 0 Å². The smallest absolute Gasteiger partial charge is 0.368 e. The van der Waals surface area contributed by atoms with E-state index in [4.69, 9.17) is 16.3 Å². The van der Waals surface area contributed by atoms with Crippen LogP contribution in [0.4, 0.5) is 27.8 Å². The zero-order chi connectivity index (χ0) is 26.3. The van der Waals surface area contributed by atoms with E-state index in [9.17, 15) is 26.7 Å². The highest BCUT2D eigenvalue weighted by molar-refractivity contribution is 6.31. The Bertz CT molecular complexity index is 1250. The van der Waals surface area contributed by atoms with Crippen LogP contribution in [-0.2, 0) is 18.0 Å². The summed E-state index contributed by atoms with van der Waals surface area (Å²) in [6, 6.07) is 5.29. The van der Waals surface area contributed by atoms with Gasteiger partial charge in [-0.2, -0.15) is 26.7 Å². The minimum Gasteiger partial charge on any atom is -0.368 e. The zero-order valence-electron chi connectivity index (χ0n) is 18.8. The number of hydrogen-bond donors (Lipinski definition) is 1. The molecule has 36 heavy (non-hydrogen) atoms. The number of nitrogens with one attached hydrogen (secondary N) is 1. The molecule has 3 aromatic rings. The van der Waals surface area contributed by atoms with Crippen molar-refractivity contribution >= 4 is 23.3 Å². The van der Waals surface area contributed by atoms with Crippen LogP contribution in [0.3, 0.4) is 0 Å². The number of amides is 1. The SMILES string of the molecule is C[C@@H]1OC(F)(F)CN(C(=O)c2cc(Cl)ccc2-c2nnn(C)n2)[C@@H]1CNc1ccc(C(F)(F)F)cn1. The lowest BCUT2D eigenvalue weighted by Crippen LogP contribution is -2.61. The van der Waals surface area contributed by atoms with Crippen LogP contribution in [0.5, 0.6) is 0 Å². The Kier molecular flexibility index (Phi) is 6.84. The Balaban J connectivity index is 1.63. The Hall–Kier alpha value is -3.39. The number of halogens is 6. The van der Waals surface area contributed by atoms with Gasteiger partial charge in [-0.3, -0.25) is 4.79 Å². The van der Waals surface area contributed by atoms with Crippen LogP contribution >= 0.6 is 11.6 Å². The number of ether oxygens (including phenoxy) is 1. The molecule has 0 saturated carbocycles. The first-order valence-corrected chi connectivity index (χ1v) is 10.9. The fourth-order valence-electron chi connectivity index (χ4n) is 3.77. The van der Waals surface area contributed by atoms with Gasteiger partial charge in [0, 0.05) is 23.3 Å². The molecule has 1 aliphatic rings. The lowest BCUT2D eigenvalue weighted by atomic mass is 10.0. The van der Waals surface area contributed by atoms with Crippen molar-refractivity contribution in [2.24, 2.45) is 7.05 Å². The fourth-order valence-corrected chi connectivity index (χ4v) is 3.94. The molecule has 0 unspecified atom stereocenters. The van der Waals surface area contributed by atoms with E-state index in [2.05, 4.69) is 25.7 Å². The predicted molar refractivity (Wildman–Crippen MR) is 117 cm³/mol. The number of benzene rings is 1. The summed E-state index contributed by atoms with van der Waals surface area (Å²) in [4.78, 5) is 19.4. The molecule has 0 bridgehead atoms. The Labute approximate surface area is 206 Å². The van der Waals surface area contributed by atoms with Crippen LogP contribution in [0.2, 0.25) is 5.02 Å². The molecule has 0 radical (unpaired) electrons. The second kappa shape index (κ2) is 9.58. The quantitative estimate of drug-likeness (QED) is 0.499. The molecule has 1 fully saturated rings. The van der Waals surface area contributed by atoms with Crippen molar-refractivity contribution in [2.75, 3.05) is 18.4 Å². The van der Waals surface area contributed by atoms with E-state index in [0.29, 0.717) is 6.20 Å². The number of carbonyl (C=O) groups excluding carboxylic acids is 1. The van der Waals surface area contributed by atoms with Gasteiger partial charge in [0.1, 0.15) is 12.4 Å². The first-order valence-electron chi connectivity index (χ1n) is 10.5. The number of tetrazole rings is 1. The molecule has 4 rings (SSSR count). The molecule has 1 amide bonds. The number of nitrogens with zero attached hydrogens (tertiary/aromatic N) is 6. The van der Waals surface area contributed by atoms with E-state index in [1.807, 2.05) is 0 Å². The maximum Gasteiger partial charge on any atom is 0.417 e. The van der Waals surface area contributed by atoms with Gasteiger partial charge < -0.3 is 15.0 Å². The van der Waals surface area contributed by atoms with E-state index in [1.165, 1.54) is 37.0 Å². The standard InChI is InChI=1S/C21H19ClF5N7O2/c1-11-16(9-29-17-6-3-12(8-28-17)21(25,26)27)34(10-20(23,24)36-11)19(35)15-7-13(22)4-5-14(15)18-30-32-33(2)31-18/h3-8,11,16H,9-10H2,1-2H3,(H,28,29)/t11-,16+/m0/s1. The number of aryl methyl sites for hydroxylation is 1. The minimum atomic E-state index is -4.56. The van der Waals surface area contributed by atoms with Crippen LogP contribution < -0.4 is 5.32 Å². The van der Waals surface area contributed by atoms with Crippen LogP contribution in [0, 0.1) is 0 Å². The van der Waals surface area contributed by atoms with Crippen LogP contribution in [0.15, 0.2) is 36.5 Å². The number of rotatable bonds is 5. The molecule has 1 saturated heterocycles. The maximum absolute atomic E-state index is 14.4. The summed E-state index contributed by atoms with van der Waals surface area (Å²) in [6.07, 6.45) is -8.69. The lowest BCUT2D eigenvalue weighted by Gasteiger charge is -2.43. The van der Waals surface area contributed by atoms with Crippen molar-refractivity contribution < 1.29 is 31.5 Å². The molecule has 9 nitrogen and oxygen atoms in total. The number of anilines is 1. The Morgan fingerprint density at radius 1 is 1.28 bits per heavy atom. The van der Waals surface area contributed by atoms with Crippen LogP contribution in [-0.4, -0.2) is 67.3 Å². The van der Waals surface area contributed by atoms with Gasteiger partial charge in [-0.05, 0) is 42.5 Å². The molecular weight excluding hydrogens is 513 g/mol. The maximum atomic E-state index is 14.4. The molecule has 2 atom stereocenters. The van der Waals surface area contributed by atoms with Crippen molar-refractivity contribution in [2.45, 2.75) is 31.4 Å². The Morgan fingerprint density at radius 3 is 2.64 bits per heavy atom. The molecule has 3 heterocycles. The van der Waals surface area contributed by atoms with E-state index in [-0.39, 0.29) is 34.3 Å². The second-order valence-corrected chi connectivity index (χ2v) is 8.50. The van der Waals surface area contributed by atoms with Gasteiger partial charge in [-0.1, -0.05) is 11.6 Å². The molecule has 1 N–H and O–H groups in total. The van der Waals surface area contributed by atoms with Crippen molar-refractivity contribution in [3.63, 3.8) is 0 Å². The molecule has 0 aliphatic carbocycles. The first kappa shape index (κ1) is 25.7. The van der Waals surface area contributed by atoms with Gasteiger partial charge in [0.25, 0.3) is 5.91 Å². The normalized spacial score (nSPS) is 19.8. The highest BCUT2D eigenvalue weighted by atomic mass is 35.5. The number of hydrogen-bond acceptors (Lipinski definition) is 7.